The molecule has 0 spiro atoms. The summed E-state index contributed by atoms with van der Waals surface area (Å²) in [5.74, 6) is -0.0582. The van der Waals surface area contributed by atoms with Crippen LogP contribution in [-0.2, 0) is 20.7 Å². The lowest BCUT2D eigenvalue weighted by atomic mass is 9.59. The lowest BCUT2D eigenvalue weighted by Crippen LogP contribution is -2.61. The largest absolute Gasteiger partial charge is 0.461 e. The van der Waals surface area contributed by atoms with Crippen molar-refractivity contribution in [3.8, 4) is 0 Å². The van der Waals surface area contributed by atoms with Crippen molar-refractivity contribution in [3.63, 3.8) is 0 Å². The van der Waals surface area contributed by atoms with Crippen LogP contribution in [0.4, 0.5) is 5.69 Å². The Balaban J connectivity index is 1.69. The van der Waals surface area contributed by atoms with Crippen molar-refractivity contribution in [2.24, 2.45) is 11.3 Å². The molecule has 1 aromatic rings. The Morgan fingerprint density at radius 2 is 2.22 bits per heavy atom. The minimum absolute atomic E-state index is 0.0310. The molecule has 6 nitrogen and oxygen atoms in total. The number of ether oxygens (including phenoxy) is 2. The molecule has 1 aliphatic carbocycles. The number of nitrogens with zero attached hydrogens (tertiary/aromatic N) is 1. The Morgan fingerprint density at radius 1 is 1.48 bits per heavy atom. The van der Waals surface area contributed by atoms with Gasteiger partial charge in [0.25, 0.3) is 5.69 Å². The summed E-state index contributed by atoms with van der Waals surface area (Å²) in [5, 5.41) is 11.0. The number of esters is 1. The molecular formula is C17H21NO5. The van der Waals surface area contributed by atoms with Crippen LogP contribution in [0.1, 0.15) is 31.4 Å². The van der Waals surface area contributed by atoms with Gasteiger partial charge in [-0.2, -0.15) is 0 Å². The van der Waals surface area contributed by atoms with Crippen LogP contribution >= 0.6 is 0 Å². The Labute approximate surface area is 134 Å². The van der Waals surface area contributed by atoms with Gasteiger partial charge in [-0.25, -0.2) is 0 Å². The third-order valence-electron chi connectivity index (χ3n) is 5.20. The SMILES string of the molecule is Cc1c(CC(=O)O[C@@H]2[C@@H]3CCO[C@@H]3C2(C)C)cccc1[N+](=O)[O-]. The molecule has 1 aromatic carbocycles. The molecule has 1 heterocycles. The van der Waals surface area contributed by atoms with E-state index in [4.69, 9.17) is 9.47 Å². The summed E-state index contributed by atoms with van der Waals surface area (Å²) in [6.07, 6.45) is 1.00. The van der Waals surface area contributed by atoms with Gasteiger partial charge in [0, 0.05) is 29.6 Å². The van der Waals surface area contributed by atoms with Crippen molar-refractivity contribution in [2.45, 2.75) is 45.8 Å². The summed E-state index contributed by atoms with van der Waals surface area (Å²) >= 11 is 0. The molecular weight excluding hydrogens is 298 g/mol. The molecule has 0 aromatic heterocycles. The normalized spacial score (nSPS) is 27.9. The maximum absolute atomic E-state index is 12.3. The summed E-state index contributed by atoms with van der Waals surface area (Å²) < 4.78 is 11.4. The molecule has 1 saturated heterocycles. The van der Waals surface area contributed by atoms with Gasteiger partial charge < -0.3 is 9.47 Å². The Hall–Kier alpha value is -1.95. The van der Waals surface area contributed by atoms with Crippen LogP contribution in [0.2, 0.25) is 0 Å². The number of hydrogen-bond donors (Lipinski definition) is 0. The number of hydrogen-bond acceptors (Lipinski definition) is 5. The van der Waals surface area contributed by atoms with Gasteiger partial charge in [-0.1, -0.05) is 26.0 Å². The fourth-order valence-electron chi connectivity index (χ4n) is 3.92. The zero-order valence-corrected chi connectivity index (χ0v) is 13.6. The molecule has 0 unspecified atom stereocenters. The monoisotopic (exact) mass is 319 g/mol. The van der Waals surface area contributed by atoms with E-state index in [1.54, 1.807) is 19.1 Å². The van der Waals surface area contributed by atoms with Gasteiger partial charge in [-0.3, -0.25) is 14.9 Å². The van der Waals surface area contributed by atoms with Crippen LogP contribution in [-0.4, -0.2) is 29.7 Å². The molecule has 1 saturated carbocycles. The highest BCUT2D eigenvalue weighted by Crippen LogP contribution is 2.53. The average Bonchev–Trinajstić information content (AvgIpc) is 2.94. The highest BCUT2D eigenvalue weighted by atomic mass is 16.6. The van der Waals surface area contributed by atoms with Gasteiger partial charge in [-0.15, -0.1) is 0 Å². The maximum atomic E-state index is 12.3. The van der Waals surface area contributed by atoms with Crippen LogP contribution in [0.5, 0.6) is 0 Å². The Bertz CT molecular complexity index is 654. The van der Waals surface area contributed by atoms with Crippen LogP contribution in [0.3, 0.4) is 0 Å². The van der Waals surface area contributed by atoms with Crippen LogP contribution in [0.25, 0.3) is 0 Å². The van der Waals surface area contributed by atoms with E-state index >= 15 is 0 Å². The first-order chi connectivity index (χ1) is 10.8. The molecule has 124 valence electrons. The van der Waals surface area contributed by atoms with Gasteiger partial charge in [0.1, 0.15) is 6.10 Å². The predicted molar refractivity (Wildman–Crippen MR) is 83.0 cm³/mol. The molecule has 23 heavy (non-hydrogen) atoms. The van der Waals surface area contributed by atoms with Crippen molar-refractivity contribution in [2.75, 3.05) is 6.61 Å². The van der Waals surface area contributed by atoms with E-state index in [1.165, 1.54) is 6.07 Å². The van der Waals surface area contributed by atoms with Crippen LogP contribution < -0.4 is 0 Å². The topological polar surface area (TPSA) is 78.7 Å². The summed E-state index contributed by atoms with van der Waals surface area (Å²) in [7, 11) is 0. The molecule has 1 aliphatic heterocycles. The van der Waals surface area contributed by atoms with Gasteiger partial charge in [0.05, 0.1) is 17.4 Å². The second-order valence-electron chi connectivity index (χ2n) is 6.97. The van der Waals surface area contributed by atoms with Crippen molar-refractivity contribution < 1.29 is 19.2 Å². The highest BCUT2D eigenvalue weighted by Gasteiger charge is 2.61. The van der Waals surface area contributed by atoms with E-state index in [0.29, 0.717) is 11.1 Å². The first kappa shape index (κ1) is 15.9. The van der Waals surface area contributed by atoms with Gasteiger partial charge >= 0.3 is 5.97 Å². The molecule has 0 amide bonds. The lowest BCUT2D eigenvalue weighted by molar-refractivity contribution is -0.385. The van der Waals surface area contributed by atoms with Crippen molar-refractivity contribution in [1.29, 1.82) is 0 Å². The Kier molecular flexibility index (Phi) is 3.88. The second kappa shape index (κ2) is 5.60. The quantitative estimate of drug-likeness (QED) is 0.484. The first-order valence-corrected chi connectivity index (χ1v) is 7.86. The predicted octanol–water partition coefficient (Wildman–Crippen LogP) is 2.80. The molecule has 0 bridgehead atoms. The molecule has 0 N–H and O–H groups in total. The third kappa shape index (κ3) is 2.61. The zero-order chi connectivity index (χ0) is 16.8. The molecule has 2 aliphatic rings. The number of carbonyl (C=O) groups excluding carboxylic acids is 1. The van der Waals surface area contributed by atoms with E-state index in [9.17, 15) is 14.9 Å². The number of benzene rings is 1. The fourth-order valence-corrected chi connectivity index (χ4v) is 3.92. The highest BCUT2D eigenvalue weighted by molar-refractivity contribution is 5.74. The second-order valence-corrected chi connectivity index (χ2v) is 6.97. The fraction of sp³-hybridized carbons (Fsp3) is 0.588. The van der Waals surface area contributed by atoms with Crippen molar-refractivity contribution in [3.05, 3.63) is 39.4 Å². The number of fused-ring (bicyclic) bond motifs is 1. The average molecular weight is 319 g/mol. The minimum Gasteiger partial charge on any atom is -0.461 e. The van der Waals surface area contributed by atoms with E-state index < -0.39 is 4.92 Å². The smallest absolute Gasteiger partial charge is 0.310 e. The molecule has 0 radical (unpaired) electrons. The summed E-state index contributed by atoms with van der Waals surface area (Å²) in [5.41, 5.74) is 1.02. The Morgan fingerprint density at radius 3 is 2.91 bits per heavy atom. The van der Waals surface area contributed by atoms with Crippen molar-refractivity contribution >= 4 is 11.7 Å². The van der Waals surface area contributed by atoms with Crippen LogP contribution in [0.15, 0.2) is 18.2 Å². The molecule has 3 rings (SSSR count). The van der Waals surface area contributed by atoms with E-state index in [-0.39, 0.29) is 41.6 Å². The van der Waals surface area contributed by atoms with Gasteiger partial charge in [-0.05, 0) is 18.9 Å². The number of rotatable bonds is 4. The van der Waals surface area contributed by atoms with Gasteiger partial charge in [0.15, 0.2) is 0 Å². The number of nitro groups is 1. The number of carbonyl (C=O) groups is 1. The zero-order valence-electron chi connectivity index (χ0n) is 13.6. The number of nitro benzene ring substituents is 1. The maximum Gasteiger partial charge on any atom is 0.310 e. The van der Waals surface area contributed by atoms with E-state index in [2.05, 4.69) is 13.8 Å². The lowest BCUT2D eigenvalue weighted by Gasteiger charge is -2.53. The van der Waals surface area contributed by atoms with Crippen molar-refractivity contribution in [1.82, 2.24) is 0 Å². The molecule has 6 heteroatoms. The third-order valence-corrected chi connectivity index (χ3v) is 5.20. The van der Waals surface area contributed by atoms with Crippen LogP contribution in [0, 0.1) is 28.4 Å². The standard InChI is InChI=1S/C17H21NO5/c1-10-11(5-4-6-13(10)18(20)21)9-14(19)23-16-12-7-8-22-15(12)17(16,2)3/h4-6,12,15-16H,7-9H2,1-3H3/t12-,15+,16-/m1/s1. The van der Waals surface area contributed by atoms with E-state index in [1.807, 2.05) is 0 Å². The summed E-state index contributed by atoms with van der Waals surface area (Å²) in [6, 6.07) is 4.78. The van der Waals surface area contributed by atoms with Gasteiger partial charge in [0.2, 0.25) is 0 Å². The molecule has 3 atom stereocenters. The molecule has 2 fully saturated rings. The minimum atomic E-state index is -0.431. The van der Waals surface area contributed by atoms with E-state index in [0.717, 1.165) is 13.0 Å². The summed E-state index contributed by atoms with van der Waals surface area (Å²) in [4.78, 5) is 22.8. The first-order valence-electron chi connectivity index (χ1n) is 7.86. The summed E-state index contributed by atoms with van der Waals surface area (Å²) in [6.45, 7) is 6.48.